The van der Waals surface area contributed by atoms with E-state index in [9.17, 15) is 22.4 Å². The van der Waals surface area contributed by atoms with Crippen LogP contribution in [0.2, 0.25) is 0 Å². The van der Waals surface area contributed by atoms with Crippen molar-refractivity contribution in [1.29, 1.82) is 0 Å². The van der Waals surface area contributed by atoms with Crippen molar-refractivity contribution >= 4 is 27.5 Å². The molecular weight excluding hydrogens is 469 g/mol. The predicted molar refractivity (Wildman–Crippen MR) is 137 cm³/mol. The van der Waals surface area contributed by atoms with Crippen LogP contribution in [0.4, 0.5) is 10.1 Å². The van der Waals surface area contributed by atoms with Crippen molar-refractivity contribution in [2.24, 2.45) is 0 Å². The molecule has 2 aromatic rings. The summed E-state index contributed by atoms with van der Waals surface area (Å²) >= 11 is 0. The summed E-state index contributed by atoms with van der Waals surface area (Å²) in [6.45, 7) is 4.82. The zero-order chi connectivity index (χ0) is 25.8. The highest BCUT2D eigenvalue weighted by Crippen LogP contribution is 2.20. The molecule has 1 atom stereocenters. The standard InChI is InChI=1S/C26H36FN3O4S/c1-4-6-18-28-26(32)24(5-2)29(20-21-11-8-7-9-12-21)25(31)13-10-19-30(35(3,33)34)23-16-14-22(27)15-17-23/h7-9,11-12,14-17,24H,4-6,10,13,18-20H2,1-3H3,(H,28,32). The van der Waals surface area contributed by atoms with Crippen molar-refractivity contribution in [3.05, 3.63) is 66.0 Å². The van der Waals surface area contributed by atoms with Crippen molar-refractivity contribution in [1.82, 2.24) is 10.2 Å². The summed E-state index contributed by atoms with van der Waals surface area (Å²) in [4.78, 5) is 27.8. The first-order valence-electron chi connectivity index (χ1n) is 12.0. The van der Waals surface area contributed by atoms with Crippen LogP contribution in [-0.2, 0) is 26.2 Å². The smallest absolute Gasteiger partial charge is 0.242 e. The Morgan fingerprint density at radius 3 is 2.23 bits per heavy atom. The second-order valence-corrected chi connectivity index (χ2v) is 10.4. The minimum atomic E-state index is -3.62. The number of sulfonamides is 1. The van der Waals surface area contributed by atoms with Gasteiger partial charge in [-0.2, -0.15) is 0 Å². The number of carbonyl (C=O) groups excluding carboxylic acids is 2. The van der Waals surface area contributed by atoms with Crippen LogP contribution in [0.15, 0.2) is 54.6 Å². The Bertz CT molecular complexity index is 1050. The first-order chi connectivity index (χ1) is 16.7. The minimum Gasteiger partial charge on any atom is -0.354 e. The molecule has 0 saturated carbocycles. The molecule has 9 heteroatoms. The zero-order valence-corrected chi connectivity index (χ0v) is 21.6. The van der Waals surface area contributed by atoms with E-state index in [-0.39, 0.29) is 37.7 Å². The van der Waals surface area contributed by atoms with Gasteiger partial charge >= 0.3 is 0 Å². The third kappa shape index (κ3) is 8.98. The van der Waals surface area contributed by atoms with Gasteiger partial charge in [0.1, 0.15) is 11.9 Å². The molecule has 0 aliphatic rings. The highest BCUT2D eigenvalue weighted by molar-refractivity contribution is 7.92. The Kier molecular flexibility index (Phi) is 11.2. The first-order valence-corrected chi connectivity index (χ1v) is 13.9. The fraction of sp³-hybridized carbons (Fsp3) is 0.462. The van der Waals surface area contributed by atoms with Crippen molar-refractivity contribution in [3.8, 4) is 0 Å². The maximum Gasteiger partial charge on any atom is 0.242 e. The SMILES string of the molecule is CCCCNC(=O)C(CC)N(Cc1ccccc1)C(=O)CCCN(c1ccc(F)cc1)S(C)(=O)=O. The fourth-order valence-electron chi connectivity index (χ4n) is 3.82. The number of benzene rings is 2. The third-order valence-electron chi connectivity index (χ3n) is 5.68. The topological polar surface area (TPSA) is 86.8 Å². The summed E-state index contributed by atoms with van der Waals surface area (Å²) in [5, 5.41) is 2.92. The Hall–Kier alpha value is -2.94. The van der Waals surface area contributed by atoms with Crippen LogP contribution in [0.1, 0.15) is 51.5 Å². The van der Waals surface area contributed by atoms with Gasteiger partial charge in [-0.05, 0) is 49.1 Å². The van der Waals surface area contributed by atoms with Gasteiger partial charge < -0.3 is 10.2 Å². The van der Waals surface area contributed by atoms with E-state index >= 15 is 0 Å². The van der Waals surface area contributed by atoms with Crippen LogP contribution in [-0.4, -0.2) is 50.5 Å². The second kappa shape index (κ2) is 13.8. The van der Waals surface area contributed by atoms with E-state index in [1.807, 2.05) is 44.2 Å². The largest absolute Gasteiger partial charge is 0.354 e. The summed E-state index contributed by atoms with van der Waals surface area (Å²) in [5.74, 6) is -0.870. The summed E-state index contributed by atoms with van der Waals surface area (Å²) in [6.07, 6.45) is 3.67. The van der Waals surface area contributed by atoms with E-state index in [4.69, 9.17) is 0 Å². The number of anilines is 1. The van der Waals surface area contributed by atoms with Crippen molar-refractivity contribution in [2.75, 3.05) is 23.7 Å². The molecule has 0 spiro atoms. The average Bonchev–Trinajstić information content (AvgIpc) is 2.82. The molecule has 7 nitrogen and oxygen atoms in total. The number of hydrogen-bond acceptors (Lipinski definition) is 4. The van der Waals surface area contributed by atoms with E-state index in [0.29, 0.717) is 18.7 Å². The van der Waals surface area contributed by atoms with Crippen LogP contribution >= 0.6 is 0 Å². The molecular formula is C26H36FN3O4S. The lowest BCUT2D eigenvalue weighted by Crippen LogP contribution is -2.49. The van der Waals surface area contributed by atoms with Crippen molar-refractivity contribution in [2.45, 2.75) is 58.5 Å². The van der Waals surface area contributed by atoms with E-state index < -0.39 is 21.9 Å². The molecule has 192 valence electrons. The Morgan fingerprint density at radius 2 is 1.66 bits per heavy atom. The lowest BCUT2D eigenvalue weighted by atomic mass is 10.1. The van der Waals surface area contributed by atoms with Crippen LogP contribution in [0.25, 0.3) is 0 Å². The van der Waals surface area contributed by atoms with E-state index in [2.05, 4.69) is 5.32 Å². The van der Waals surface area contributed by atoms with Crippen LogP contribution in [0.3, 0.4) is 0 Å². The molecule has 0 aliphatic carbocycles. The van der Waals surface area contributed by atoms with Gasteiger partial charge in [0.15, 0.2) is 0 Å². The molecule has 2 rings (SSSR count). The Labute approximate surface area is 208 Å². The molecule has 2 amide bonds. The normalized spacial score (nSPS) is 12.1. The number of amides is 2. The van der Waals surface area contributed by atoms with E-state index in [1.165, 1.54) is 24.3 Å². The van der Waals surface area contributed by atoms with Crippen LogP contribution in [0, 0.1) is 5.82 Å². The number of rotatable bonds is 14. The van der Waals surface area contributed by atoms with Gasteiger partial charge in [-0.3, -0.25) is 13.9 Å². The maximum absolute atomic E-state index is 13.3. The van der Waals surface area contributed by atoms with Gasteiger partial charge in [0.25, 0.3) is 0 Å². The summed E-state index contributed by atoms with van der Waals surface area (Å²) in [7, 11) is -3.62. The third-order valence-corrected chi connectivity index (χ3v) is 6.87. The van der Waals surface area contributed by atoms with Gasteiger partial charge in [0, 0.05) is 26.1 Å². The second-order valence-electron chi connectivity index (χ2n) is 8.49. The quantitative estimate of drug-likeness (QED) is 0.392. The maximum atomic E-state index is 13.3. The summed E-state index contributed by atoms with van der Waals surface area (Å²) in [6, 6.07) is 14.0. The predicted octanol–water partition coefficient (Wildman–Crippen LogP) is 4.10. The average molecular weight is 506 g/mol. The fourth-order valence-corrected chi connectivity index (χ4v) is 4.78. The molecule has 0 aromatic heterocycles. The first kappa shape index (κ1) is 28.3. The Morgan fingerprint density at radius 1 is 1.00 bits per heavy atom. The van der Waals surface area contributed by atoms with Crippen LogP contribution < -0.4 is 9.62 Å². The van der Waals surface area contributed by atoms with Crippen LogP contribution in [0.5, 0.6) is 0 Å². The molecule has 0 fully saturated rings. The number of unbranched alkanes of at least 4 members (excludes halogenated alkanes) is 1. The molecule has 0 aliphatic heterocycles. The van der Waals surface area contributed by atoms with Gasteiger partial charge in [-0.1, -0.05) is 50.6 Å². The summed E-state index contributed by atoms with van der Waals surface area (Å²) < 4.78 is 39.1. The zero-order valence-electron chi connectivity index (χ0n) is 20.7. The van der Waals surface area contributed by atoms with Crippen molar-refractivity contribution < 1.29 is 22.4 Å². The van der Waals surface area contributed by atoms with E-state index in [0.717, 1.165) is 29.0 Å². The lowest BCUT2D eigenvalue weighted by Gasteiger charge is -2.31. The van der Waals surface area contributed by atoms with E-state index in [1.54, 1.807) is 4.90 Å². The van der Waals surface area contributed by atoms with Gasteiger partial charge in [0.2, 0.25) is 21.8 Å². The molecule has 35 heavy (non-hydrogen) atoms. The highest BCUT2D eigenvalue weighted by Gasteiger charge is 2.28. The molecule has 0 saturated heterocycles. The molecule has 1 unspecified atom stereocenters. The summed E-state index contributed by atoms with van der Waals surface area (Å²) in [5.41, 5.74) is 1.24. The van der Waals surface area contributed by atoms with Gasteiger partial charge in [-0.15, -0.1) is 0 Å². The molecule has 0 radical (unpaired) electrons. The van der Waals surface area contributed by atoms with Crippen molar-refractivity contribution in [3.63, 3.8) is 0 Å². The van der Waals surface area contributed by atoms with Gasteiger partial charge in [0.05, 0.1) is 11.9 Å². The monoisotopic (exact) mass is 505 g/mol. The minimum absolute atomic E-state index is 0.0644. The molecule has 2 aromatic carbocycles. The molecule has 1 N–H and O–H groups in total. The molecule has 0 heterocycles. The lowest BCUT2D eigenvalue weighted by molar-refractivity contribution is -0.141. The molecule has 0 bridgehead atoms. The van der Waals surface area contributed by atoms with Gasteiger partial charge in [-0.25, -0.2) is 12.8 Å². The highest BCUT2D eigenvalue weighted by atomic mass is 32.2. The number of nitrogens with one attached hydrogen (secondary N) is 1. The Balaban J connectivity index is 2.15. The number of carbonyl (C=O) groups is 2. The number of halogens is 1. The number of nitrogens with zero attached hydrogens (tertiary/aromatic N) is 2. The number of hydrogen-bond donors (Lipinski definition) is 1.